The molecule has 0 spiro atoms. The van der Waals surface area contributed by atoms with Gasteiger partial charge in [0.2, 0.25) is 5.91 Å². The fourth-order valence-electron chi connectivity index (χ4n) is 3.21. The van der Waals surface area contributed by atoms with E-state index in [1.807, 2.05) is 19.9 Å². The molecule has 3 aromatic rings. The highest BCUT2D eigenvalue weighted by Crippen LogP contribution is 2.49. The molecule has 2 aromatic heterocycles. The number of amides is 1. The predicted octanol–water partition coefficient (Wildman–Crippen LogP) is 3.69. The van der Waals surface area contributed by atoms with Gasteiger partial charge in [0.1, 0.15) is 5.82 Å². The summed E-state index contributed by atoms with van der Waals surface area (Å²) in [7, 11) is 0. The van der Waals surface area contributed by atoms with E-state index in [-0.39, 0.29) is 11.7 Å². The molecule has 1 amide bonds. The summed E-state index contributed by atoms with van der Waals surface area (Å²) in [5.41, 5.74) is 2.47. The van der Waals surface area contributed by atoms with Crippen LogP contribution in [0.3, 0.4) is 0 Å². The maximum Gasteiger partial charge on any atom is 0.236 e. The number of rotatable bonds is 4. The van der Waals surface area contributed by atoms with Crippen LogP contribution in [0, 0.1) is 19.7 Å². The van der Waals surface area contributed by atoms with Gasteiger partial charge in [0.15, 0.2) is 5.82 Å². The molecule has 1 aromatic carbocycles. The second-order valence-electron chi connectivity index (χ2n) is 6.77. The number of hydrogen-bond donors (Lipinski definition) is 1. The van der Waals surface area contributed by atoms with Gasteiger partial charge in [-0.1, -0.05) is 18.2 Å². The van der Waals surface area contributed by atoms with Crippen molar-refractivity contribution < 1.29 is 9.18 Å². The number of halogens is 1. The van der Waals surface area contributed by atoms with E-state index in [4.69, 9.17) is 0 Å². The van der Waals surface area contributed by atoms with Gasteiger partial charge in [-0.3, -0.25) is 9.78 Å². The van der Waals surface area contributed by atoms with Crippen LogP contribution >= 0.6 is 0 Å². The Morgan fingerprint density at radius 3 is 2.73 bits per heavy atom. The topological polar surface area (TPSA) is 59.8 Å². The Morgan fingerprint density at radius 2 is 2.00 bits per heavy atom. The predicted molar refractivity (Wildman–Crippen MR) is 96.8 cm³/mol. The summed E-state index contributed by atoms with van der Waals surface area (Å²) >= 11 is 0. The van der Waals surface area contributed by atoms with Crippen LogP contribution in [0.4, 0.5) is 10.2 Å². The van der Waals surface area contributed by atoms with Crippen molar-refractivity contribution in [3.8, 4) is 5.69 Å². The molecule has 0 atom stereocenters. The third kappa shape index (κ3) is 2.77. The van der Waals surface area contributed by atoms with E-state index in [0.29, 0.717) is 24.2 Å². The average Bonchev–Trinajstić information content (AvgIpc) is 3.31. The van der Waals surface area contributed by atoms with Crippen molar-refractivity contribution in [2.24, 2.45) is 0 Å². The van der Waals surface area contributed by atoms with E-state index < -0.39 is 5.41 Å². The van der Waals surface area contributed by atoms with Crippen molar-refractivity contribution in [1.82, 2.24) is 14.8 Å². The number of carbonyl (C=O) groups excluding carboxylic acids is 1. The van der Waals surface area contributed by atoms with Gasteiger partial charge >= 0.3 is 0 Å². The summed E-state index contributed by atoms with van der Waals surface area (Å²) < 4.78 is 15.8. The van der Waals surface area contributed by atoms with Crippen LogP contribution in [0.25, 0.3) is 5.69 Å². The summed E-state index contributed by atoms with van der Waals surface area (Å²) in [6.07, 6.45) is 4.87. The lowest BCUT2D eigenvalue weighted by atomic mass is 9.94. The van der Waals surface area contributed by atoms with E-state index in [1.54, 1.807) is 41.3 Å². The van der Waals surface area contributed by atoms with Gasteiger partial charge in [0, 0.05) is 29.7 Å². The molecule has 0 radical (unpaired) electrons. The number of aryl methyl sites for hydroxylation is 2. The summed E-state index contributed by atoms with van der Waals surface area (Å²) in [5.74, 6) is -0.101. The van der Waals surface area contributed by atoms with Crippen LogP contribution in [-0.2, 0) is 10.2 Å². The Balaban J connectivity index is 1.57. The zero-order chi connectivity index (χ0) is 18.3. The van der Waals surface area contributed by atoms with Crippen LogP contribution in [0.1, 0.15) is 29.7 Å². The fourth-order valence-corrected chi connectivity index (χ4v) is 3.21. The minimum atomic E-state index is -0.779. The minimum Gasteiger partial charge on any atom is -0.308 e. The largest absolute Gasteiger partial charge is 0.308 e. The number of nitrogens with zero attached hydrogens (tertiary/aromatic N) is 3. The van der Waals surface area contributed by atoms with Crippen molar-refractivity contribution >= 4 is 11.7 Å². The lowest BCUT2D eigenvalue weighted by Gasteiger charge is -2.15. The second kappa shape index (κ2) is 6.05. The quantitative estimate of drug-likeness (QED) is 0.781. The van der Waals surface area contributed by atoms with Crippen molar-refractivity contribution in [3.63, 3.8) is 0 Å². The molecule has 26 heavy (non-hydrogen) atoms. The molecule has 1 aliphatic carbocycles. The molecule has 1 aliphatic rings. The van der Waals surface area contributed by atoms with Gasteiger partial charge in [0.05, 0.1) is 11.1 Å². The normalized spacial score (nSPS) is 14.9. The smallest absolute Gasteiger partial charge is 0.236 e. The third-order valence-corrected chi connectivity index (χ3v) is 4.86. The van der Waals surface area contributed by atoms with Gasteiger partial charge < -0.3 is 5.32 Å². The average molecular weight is 350 g/mol. The Kier molecular flexibility index (Phi) is 3.83. The molecular formula is C20H19FN4O. The SMILES string of the molecule is Cc1cc(-n2ccc(NC(=O)C3(c4ccccc4F)CC3)n2)c(C)cn1. The number of anilines is 1. The van der Waals surface area contributed by atoms with E-state index in [1.165, 1.54) is 6.07 Å². The first-order chi connectivity index (χ1) is 12.5. The lowest BCUT2D eigenvalue weighted by molar-refractivity contribution is -0.118. The Hall–Kier alpha value is -3.02. The molecule has 0 saturated heterocycles. The van der Waals surface area contributed by atoms with Gasteiger partial charge in [-0.15, -0.1) is 0 Å². The molecule has 6 heteroatoms. The van der Waals surface area contributed by atoms with E-state index >= 15 is 0 Å². The Labute approximate surface area is 150 Å². The first-order valence-electron chi connectivity index (χ1n) is 8.55. The van der Waals surface area contributed by atoms with Gasteiger partial charge in [-0.05, 0) is 44.4 Å². The summed E-state index contributed by atoms with van der Waals surface area (Å²) in [6, 6.07) is 10.2. The number of aromatic nitrogens is 3. The van der Waals surface area contributed by atoms with E-state index in [0.717, 1.165) is 16.9 Å². The molecule has 0 unspecified atom stereocenters. The summed E-state index contributed by atoms with van der Waals surface area (Å²) in [5, 5.41) is 7.28. The van der Waals surface area contributed by atoms with Gasteiger partial charge in [-0.2, -0.15) is 5.10 Å². The number of carbonyl (C=O) groups is 1. The lowest BCUT2D eigenvalue weighted by Crippen LogP contribution is -2.29. The number of hydrogen-bond acceptors (Lipinski definition) is 3. The minimum absolute atomic E-state index is 0.213. The second-order valence-corrected chi connectivity index (χ2v) is 6.77. The zero-order valence-corrected chi connectivity index (χ0v) is 14.7. The molecule has 1 saturated carbocycles. The van der Waals surface area contributed by atoms with Gasteiger partial charge in [0.25, 0.3) is 0 Å². The van der Waals surface area contributed by atoms with Crippen LogP contribution < -0.4 is 5.32 Å². The summed E-state index contributed by atoms with van der Waals surface area (Å²) in [6.45, 7) is 3.87. The van der Waals surface area contributed by atoms with E-state index in [2.05, 4.69) is 15.4 Å². The zero-order valence-electron chi connectivity index (χ0n) is 14.7. The standard InChI is InChI=1S/C20H19FN4O/c1-13-12-22-14(2)11-17(13)25-10-7-18(24-25)23-19(26)20(8-9-20)15-5-3-4-6-16(15)21/h3-7,10-12H,8-9H2,1-2H3,(H,23,24,26). The van der Waals surface area contributed by atoms with Crippen molar-refractivity contribution in [1.29, 1.82) is 0 Å². The first-order valence-corrected chi connectivity index (χ1v) is 8.55. The number of benzene rings is 1. The van der Waals surface area contributed by atoms with Crippen LogP contribution in [0.2, 0.25) is 0 Å². The Morgan fingerprint density at radius 1 is 1.23 bits per heavy atom. The van der Waals surface area contributed by atoms with Crippen LogP contribution in [0.15, 0.2) is 48.8 Å². The molecule has 2 heterocycles. The van der Waals surface area contributed by atoms with Crippen molar-refractivity contribution in [3.05, 3.63) is 71.4 Å². The van der Waals surface area contributed by atoms with E-state index in [9.17, 15) is 9.18 Å². The van der Waals surface area contributed by atoms with Crippen molar-refractivity contribution in [2.75, 3.05) is 5.32 Å². The highest BCUT2D eigenvalue weighted by Gasteiger charge is 2.52. The highest BCUT2D eigenvalue weighted by molar-refractivity contribution is 6.00. The van der Waals surface area contributed by atoms with Crippen LogP contribution in [0.5, 0.6) is 0 Å². The monoisotopic (exact) mass is 350 g/mol. The summed E-state index contributed by atoms with van der Waals surface area (Å²) in [4.78, 5) is 17.0. The number of pyridine rings is 1. The maximum atomic E-state index is 14.1. The molecular weight excluding hydrogens is 331 g/mol. The molecule has 4 rings (SSSR count). The third-order valence-electron chi connectivity index (χ3n) is 4.86. The van der Waals surface area contributed by atoms with Crippen LogP contribution in [-0.4, -0.2) is 20.7 Å². The highest BCUT2D eigenvalue weighted by atomic mass is 19.1. The maximum absolute atomic E-state index is 14.1. The molecule has 1 N–H and O–H groups in total. The first kappa shape index (κ1) is 16.4. The fraction of sp³-hybridized carbons (Fsp3) is 0.250. The number of nitrogens with one attached hydrogen (secondary N) is 1. The van der Waals surface area contributed by atoms with Gasteiger partial charge in [-0.25, -0.2) is 9.07 Å². The molecule has 1 fully saturated rings. The Bertz CT molecular complexity index is 991. The molecule has 132 valence electrons. The van der Waals surface area contributed by atoms with Crippen molar-refractivity contribution in [2.45, 2.75) is 32.1 Å². The molecule has 5 nitrogen and oxygen atoms in total. The molecule has 0 bridgehead atoms. The molecule has 0 aliphatic heterocycles.